The lowest BCUT2D eigenvalue weighted by Gasteiger charge is -2.20. The molecule has 0 spiro atoms. The van der Waals surface area contributed by atoms with E-state index < -0.39 is 0 Å². The summed E-state index contributed by atoms with van der Waals surface area (Å²) >= 11 is 0. The van der Waals surface area contributed by atoms with Gasteiger partial charge in [-0.2, -0.15) is 0 Å². The molecule has 0 saturated heterocycles. The lowest BCUT2D eigenvalue weighted by molar-refractivity contribution is -0.123. The van der Waals surface area contributed by atoms with Gasteiger partial charge in [-0.05, 0) is 37.0 Å². The van der Waals surface area contributed by atoms with Gasteiger partial charge in [0.15, 0.2) is 0 Å². The number of carbonyl (C=O) groups is 2. The van der Waals surface area contributed by atoms with E-state index >= 15 is 0 Å². The van der Waals surface area contributed by atoms with Gasteiger partial charge in [0, 0.05) is 18.0 Å². The van der Waals surface area contributed by atoms with Crippen molar-refractivity contribution in [2.45, 2.75) is 32.4 Å². The van der Waals surface area contributed by atoms with Crippen LogP contribution in [0, 0.1) is 12.8 Å². The monoisotopic (exact) mass is 274 g/mol. The van der Waals surface area contributed by atoms with Gasteiger partial charge in [0.1, 0.15) is 6.61 Å². The second-order valence-corrected chi connectivity index (χ2v) is 5.45. The molecule has 1 aromatic rings. The predicted molar refractivity (Wildman–Crippen MR) is 73.0 cm³/mol. The summed E-state index contributed by atoms with van der Waals surface area (Å²) in [6.45, 7) is 2.59. The number of carbonyl (C=O) groups excluding carboxylic acids is 2. The molecule has 0 bridgehead atoms. The lowest BCUT2D eigenvalue weighted by atomic mass is 9.94. The molecule has 0 aromatic heterocycles. The van der Waals surface area contributed by atoms with Crippen LogP contribution in [-0.4, -0.2) is 18.4 Å². The average molecular weight is 274 g/mol. The Morgan fingerprint density at radius 2 is 2.25 bits per heavy atom. The summed E-state index contributed by atoms with van der Waals surface area (Å²) in [5.74, 6) is -0.0441. The van der Waals surface area contributed by atoms with E-state index in [1.54, 1.807) is 6.07 Å². The van der Waals surface area contributed by atoms with Crippen molar-refractivity contribution in [2.75, 3.05) is 6.54 Å². The Hall–Kier alpha value is -1.88. The number of ether oxygens (including phenoxy) is 1. The van der Waals surface area contributed by atoms with Crippen LogP contribution in [0.4, 0.5) is 0 Å². The Labute approximate surface area is 117 Å². The number of esters is 1. The summed E-state index contributed by atoms with van der Waals surface area (Å²) in [5, 5.41) is 3.00. The molecular formula is C15H18N2O3. The molecule has 2 aliphatic rings. The first kappa shape index (κ1) is 13.1. The van der Waals surface area contributed by atoms with Gasteiger partial charge in [-0.15, -0.1) is 0 Å². The van der Waals surface area contributed by atoms with Gasteiger partial charge in [0.2, 0.25) is 5.91 Å². The molecule has 1 atom stereocenters. The average Bonchev–Trinajstić information content (AvgIpc) is 3.22. The number of hydrogen-bond donors (Lipinski definition) is 2. The van der Waals surface area contributed by atoms with E-state index in [0.717, 1.165) is 29.5 Å². The number of cyclic esters (lactones) is 1. The molecule has 5 heteroatoms. The summed E-state index contributed by atoms with van der Waals surface area (Å²) in [6.07, 6.45) is 1.93. The SMILES string of the molecule is Cc1c(C(CN)NC(=O)C2CC2)ccc2c1COC2=O. The van der Waals surface area contributed by atoms with Crippen LogP contribution in [0.2, 0.25) is 0 Å². The van der Waals surface area contributed by atoms with E-state index in [2.05, 4.69) is 5.32 Å². The number of rotatable bonds is 4. The van der Waals surface area contributed by atoms with Crippen LogP contribution in [0.25, 0.3) is 0 Å². The van der Waals surface area contributed by atoms with E-state index in [4.69, 9.17) is 10.5 Å². The van der Waals surface area contributed by atoms with Crippen LogP contribution >= 0.6 is 0 Å². The molecule has 1 aliphatic carbocycles. The molecule has 1 heterocycles. The summed E-state index contributed by atoms with van der Waals surface area (Å²) in [7, 11) is 0. The Bertz CT molecular complexity index is 579. The number of benzene rings is 1. The minimum absolute atomic E-state index is 0.0766. The zero-order valence-electron chi connectivity index (χ0n) is 11.4. The quantitative estimate of drug-likeness (QED) is 0.808. The summed E-state index contributed by atoms with van der Waals surface area (Å²) in [5.41, 5.74) is 9.29. The van der Waals surface area contributed by atoms with E-state index in [1.165, 1.54) is 0 Å². The zero-order chi connectivity index (χ0) is 14.3. The molecule has 1 fully saturated rings. The van der Waals surface area contributed by atoms with Crippen LogP contribution in [0.1, 0.15) is 45.9 Å². The van der Waals surface area contributed by atoms with E-state index in [1.807, 2.05) is 13.0 Å². The Kier molecular flexibility index (Phi) is 3.22. The molecule has 20 heavy (non-hydrogen) atoms. The van der Waals surface area contributed by atoms with Crippen molar-refractivity contribution in [3.8, 4) is 0 Å². The molecule has 1 amide bonds. The second kappa shape index (κ2) is 4.90. The van der Waals surface area contributed by atoms with Crippen LogP contribution in [0.5, 0.6) is 0 Å². The second-order valence-electron chi connectivity index (χ2n) is 5.45. The third kappa shape index (κ3) is 2.18. The van der Waals surface area contributed by atoms with Gasteiger partial charge in [0.25, 0.3) is 0 Å². The Balaban J connectivity index is 1.88. The normalized spacial score (nSPS) is 18.4. The van der Waals surface area contributed by atoms with Crippen molar-refractivity contribution < 1.29 is 14.3 Å². The van der Waals surface area contributed by atoms with Crippen molar-refractivity contribution >= 4 is 11.9 Å². The lowest BCUT2D eigenvalue weighted by Crippen LogP contribution is -2.34. The van der Waals surface area contributed by atoms with Crippen molar-refractivity contribution in [3.63, 3.8) is 0 Å². The maximum Gasteiger partial charge on any atom is 0.338 e. The van der Waals surface area contributed by atoms with Crippen molar-refractivity contribution in [3.05, 3.63) is 34.4 Å². The van der Waals surface area contributed by atoms with Gasteiger partial charge < -0.3 is 15.8 Å². The maximum absolute atomic E-state index is 11.9. The highest BCUT2D eigenvalue weighted by Crippen LogP contribution is 2.32. The largest absolute Gasteiger partial charge is 0.457 e. The van der Waals surface area contributed by atoms with Gasteiger partial charge in [-0.3, -0.25) is 4.79 Å². The number of fused-ring (bicyclic) bond motifs is 1. The van der Waals surface area contributed by atoms with Crippen LogP contribution in [0.3, 0.4) is 0 Å². The fourth-order valence-electron chi connectivity index (χ4n) is 2.64. The standard InChI is InChI=1S/C15H18N2O3/c1-8-10(4-5-11-12(8)7-20-15(11)19)13(6-16)17-14(18)9-2-3-9/h4-5,9,13H,2-3,6-7,16H2,1H3,(H,17,18). The number of nitrogens with two attached hydrogens (primary N) is 1. The number of amides is 1. The fourth-order valence-corrected chi connectivity index (χ4v) is 2.64. The van der Waals surface area contributed by atoms with Gasteiger partial charge in [0.05, 0.1) is 11.6 Å². The predicted octanol–water partition coefficient (Wildman–Crippen LogP) is 1.19. The van der Waals surface area contributed by atoms with Gasteiger partial charge in [-0.25, -0.2) is 4.79 Å². The van der Waals surface area contributed by atoms with E-state index in [0.29, 0.717) is 18.7 Å². The summed E-state index contributed by atoms with van der Waals surface area (Å²) in [4.78, 5) is 23.4. The molecular weight excluding hydrogens is 256 g/mol. The van der Waals surface area contributed by atoms with Gasteiger partial charge in [-0.1, -0.05) is 6.07 Å². The first-order chi connectivity index (χ1) is 9.61. The number of nitrogens with one attached hydrogen (secondary N) is 1. The molecule has 1 saturated carbocycles. The topological polar surface area (TPSA) is 81.4 Å². The van der Waals surface area contributed by atoms with Crippen LogP contribution in [0.15, 0.2) is 12.1 Å². The third-order valence-electron chi connectivity index (χ3n) is 4.08. The first-order valence-electron chi connectivity index (χ1n) is 6.91. The van der Waals surface area contributed by atoms with Gasteiger partial charge >= 0.3 is 5.97 Å². The molecule has 0 radical (unpaired) electrons. The highest BCUT2D eigenvalue weighted by molar-refractivity contribution is 5.94. The van der Waals surface area contributed by atoms with E-state index in [-0.39, 0.29) is 23.8 Å². The minimum Gasteiger partial charge on any atom is -0.457 e. The Morgan fingerprint density at radius 1 is 1.50 bits per heavy atom. The number of hydrogen-bond acceptors (Lipinski definition) is 4. The fraction of sp³-hybridized carbons (Fsp3) is 0.467. The molecule has 3 rings (SSSR count). The van der Waals surface area contributed by atoms with Crippen molar-refractivity contribution in [2.24, 2.45) is 11.7 Å². The minimum atomic E-state index is -0.277. The molecule has 1 unspecified atom stereocenters. The highest BCUT2D eigenvalue weighted by Gasteiger charge is 2.32. The Morgan fingerprint density at radius 3 is 2.90 bits per heavy atom. The summed E-state index contributed by atoms with van der Waals surface area (Å²) < 4.78 is 5.04. The van der Waals surface area contributed by atoms with Crippen LogP contribution < -0.4 is 11.1 Å². The van der Waals surface area contributed by atoms with Crippen molar-refractivity contribution in [1.29, 1.82) is 0 Å². The molecule has 5 nitrogen and oxygen atoms in total. The maximum atomic E-state index is 11.9. The van der Waals surface area contributed by atoms with Crippen molar-refractivity contribution in [1.82, 2.24) is 5.32 Å². The molecule has 1 aromatic carbocycles. The zero-order valence-corrected chi connectivity index (χ0v) is 11.4. The highest BCUT2D eigenvalue weighted by atomic mass is 16.5. The van der Waals surface area contributed by atoms with Crippen LogP contribution in [-0.2, 0) is 16.1 Å². The van der Waals surface area contributed by atoms with E-state index in [9.17, 15) is 9.59 Å². The molecule has 1 aliphatic heterocycles. The molecule has 106 valence electrons. The first-order valence-corrected chi connectivity index (χ1v) is 6.91. The third-order valence-corrected chi connectivity index (χ3v) is 4.08. The molecule has 3 N–H and O–H groups in total. The summed E-state index contributed by atoms with van der Waals surface area (Å²) in [6, 6.07) is 3.42. The smallest absolute Gasteiger partial charge is 0.338 e.